The van der Waals surface area contributed by atoms with Crippen LogP contribution in [0.25, 0.3) is 0 Å². The topological polar surface area (TPSA) is 75.4 Å². The molecule has 0 bridgehead atoms. The third-order valence-electron chi connectivity index (χ3n) is 6.89. The summed E-state index contributed by atoms with van der Waals surface area (Å²) in [6, 6.07) is 9.52. The van der Waals surface area contributed by atoms with Crippen molar-refractivity contribution in [1.82, 2.24) is 10.2 Å². The zero-order valence-electron chi connectivity index (χ0n) is 18.8. The Morgan fingerprint density at radius 3 is 2.12 bits per heavy atom. The van der Waals surface area contributed by atoms with Crippen LogP contribution in [0.1, 0.15) is 43.7 Å². The van der Waals surface area contributed by atoms with Crippen LogP contribution < -0.4 is 11.1 Å². The number of hydrogen-bond donors (Lipinski definition) is 2. The standard InChI is InChI=1S/C25H27Cl4N3O2/c1-24(30)8-10-32(11-9-24)22(33)21(12-15-2-3-16(26)13-19(15)28)31-23(34)25(6-7-25)18-5-4-17(27)14-20(18)29/h2-5,13-14,21H,6-12,30H2,1H3,(H,31,34)/t21-/m0/s1. The first-order chi connectivity index (χ1) is 16.0. The molecule has 1 atom stereocenters. The van der Waals surface area contributed by atoms with Gasteiger partial charge >= 0.3 is 0 Å². The van der Waals surface area contributed by atoms with Gasteiger partial charge in [-0.1, -0.05) is 58.5 Å². The number of nitrogens with two attached hydrogens (primary N) is 1. The maximum Gasteiger partial charge on any atom is 0.245 e. The second-order valence-corrected chi connectivity index (χ2v) is 11.3. The molecule has 0 spiro atoms. The van der Waals surface area contributed by atoms with E-state index in [1.54, 1.807) is 41.3 Å². The van der Waals surface area contributed by atoms with Crippen molar-refractivity contribution in [2.75, 3.05) is 13.1 Å². The van der Waals surface area contributed by atoms with E-state index in [-0.39, 0.29) is 23.8 Å². The molecule has 2 aromatic carbocycles. The van der Waals surface area contributed by atoms with Crippen molar-refractivity contribution < 1.29 is 9.59 Å². The minimum absolute atomic E-state index is 0.145. The lowest BCUT2D eigenvalue weighted by Crippen LogP contribution is -2.56. The summed E-state index contributed by atoms with van der Waals surface area (Å²) < 4.78 is 0. The number of carbonyl (C=O) groups is 2. The van der Waals surface area contributed by atoms with Gasteiger partial charge in [-0.15, -0.1) is 0 Å². The van der Waals surface area contributed by atoms with Crippen LogP contribution in [0, 0.1) is 0 Å². The summed E-state index contributed by atoms with van der Waals surface area (Å²) >= 11 is 24.9. The van der Waals surface area contributed by atoms with Crippen molar-refractivity contribution in [1.29, 1.82) is 0 Å². The number of hydrogen-bond acceptors (Lipinski definition) is 3. The second kappa shape index (κ2) is 9.87. The fourth-order valence-corrected chi connectivity index (χ4v) is 5.56. The molecule has 0 radical (unpaired) electrons. The molecule has 1 saturated heterocycles. The van der Waals surface area contributed by atoms with Crippen LogP contribution in [0.5, 0.6) is 0 Å². The third kappa shape index (κ3) is 5.50. The van der Waals surface area contributed by atoms with Crippen LogP contribution in [0.3, 0.4) is 0 Å². The molecular weight excluding hydrogens is 516 g/mol. The average molecular weight is 543 g/mol. The Morgan fingerprint density at radius 1 is 0.971 bits per heavy atom. The maximum absolute atomic E-state index is 13.6. The number of likely N-dealkylation sites (tertiary alicyclic amines) is 1. The summed E-state index contributed by atoms with van der Waals surface area (Å²) in [5.74, 6) is -0.367. The van der Waals surface area contributed by atoms with Crippen LogP contribution in [-0.4, -0.2) is 41.4 Å². The molecule has 2 amide bonds. The molecule has 1 aliphatic heterocycles. The number of rotatable bonds is 6. The summed E-state index contributed by atoms with van der Waals surface area (Å²) in [5, 5.41) is 4.94. The predicted molar refractivity (Wildman–Crippen MR) is 138 cm³/mol. The zero-order valence-corrected chi connectivity index (χ0v) is 21.9. The van der Waals surface area contributed by atoms with E-state index in [0.717, 1.165) is 11.1 Å². The van der Waals surface area contributed by atoms with E-state index in [4.69, 9.17) is 52.1 Å². The lowest BCUT2D eigenvalue weighted by molar-refractivity contribution is -0.138. The van der Waals surface area contributed by atoms with Crippen molar-refractivity contribution >= 4 is 58.2 Å². The number of carbonyl (C=O) groups excluding carboxylic acids is 2. The van der Waals surface area contributed by atoms with Gasteiger partial charge < -0.3 is 16.0 Å². The van der Waals surface area contributed by atoms with Crippen LogP contribution in [0.2, 0.25) is 20.1 Å². The van der Waals surface area contributed by atoms with Crippen molar-refractivity contribution in [3.8, 4) is 0 Å². The molecule has 2 fully saturated rings. The number of halogens is 4. The van der Waals surface area contributed by atoms with Gasteiger partial charge in [-0.05, 0) is 68.0 Å². The van der Waals surface area contributed by atoms with Gasteiger partial charge in [0.1, 0.15) is 6.04 Å². The van der Waals surface area contributed by atoms with Gasteiger partial charge in [0.15, 0.2) is 0 Å². The van der Waals surface area contributed by atoms with Crippen LogP contribution in [0.4, 0.5) is 0 Å². The normalized spacial score (nSPS) is 19.4. The molecule has 9 heteroatoms. The van der Waals surface area contributed by atoms with Crippen LogP contribution in [-0.2, 0) is 21.4 Å². The third-order valence-corrected chi connectivity index (χ3v) is 8.03. The Morgan fingerprint density at radius 2 is 1.56 bits per heavy atom. The van der Waals surface area contributed by atoms with E-state index < -0.39 is 11.5 Å². The van der Waals surface area contributed by atoms with Crippen molar-refractivity contribution in [2.45, 2.75) is 56.0 Å². The Hall–Kier alpha value is -1.50. The maximum atomic E-state index is 13.6. The van der Waals surface area contributed by atoms with Crippen molar-refractivity contribution in [2.24, 2.45) is 5.73 Å². The van der Waals surface area contributed by atoms with E-state index >= 15 is 0 Å². The molecular formula is C25H27Cl4N3O2. The van der Waals surface area contributed by atoms with E-state index in [1.165, 1.54) is 0 Å². The SMILES string of the molecule is CC1(N)CCN(C(=O)[C@H](Cc2ccc(Cl)cc2Cl)NC(=O)C2(c3ccc(Cl)cc3Cl)CC2)CC1. The number of nitrogens with zero attached hydrogens (tertiary/aromatic N) is 1. The summed E-state index contributed by atoms with van der Waals surface area (Å²) in [6.07, 6.45) is 2.95. The first-order valence-electron chi connectivity index (χ1n) is 11.3. The number of benzene rings is 2. The van der Waals surface area contributed by atoms with E-state index in [0.29, 0.717) is 58.9 Å². The molecule has 4 rings (SSSR count). The van der Waals surface area contributed by atoms with Gasteiger partial charge in [0.05, 0.1) is 5.41 Å². The van der Waals surface area contributed by atoms with Crippen LogP contribution >= 0.6 is 46.4 Å². The highest BCUT2D eigenvalue weighted by molar-refractivity contribution is 6.35. The summed E-state index contributed by atoms with van der Waals surface area (Å²) in [4.78, 5) is 28.9. The van der Waals surface area contributed by atoms with E-state index in [1.807, 2.05) is 6.92 Å². The van der Waals surface area contributed by atoms with E-state index in [9.17, 15) is 9.59 Å². The molecule has 3 N–H and O–H groups in total. The largest absolute Gasteiger partial charge is 0.343 e. The number of nitrogens with one attached hydrogen (secondary N) is 1. The van der Waals surface area contributed by atoms with Crippen molar-refractivity contribution in [3.05, 3.63) is 67.6 Å². The lowest BCUT2D eigenvalue weighted by atomic mass is 9.90. The molecule has 5 nitrogen and oxygen atoms in total. The molecule has 0 aromatic heterocycles. The molecule has 1 saturated carbocycles. The summed E-state index contributed by atoms with van der Waals surface area (Å²) in [7, 11) is 0. The lowest BCUT2D eigenvalue weighted by Gasteiger charge is -2.38. The smallest absolute Gasteiger partial charge is 0.245 e. The molecule has 1 aliphatic carbocycles. The van der Waals surface area contributed by atoms with Gasteiger partial charge in [0, 0.05) is 45.1 Å². The van der Waals surface area contributed by atoms with Gasteiger partial charge in [-0.2, -0.15) is 0 Å². The van der Waals surface area contributed by atoms with Crippen LogP contribution in [0.15, 0.2) is 36.4 Å². The van der Waals surface area contributed by atoms with Gasteiger partial charge in [0.25, 0.3) is 0 Å². The first kappa shape index (κ1) is 25.6. The minimum atomic E-state index is -0.781. The Labute approximate surface area is 219 Å². The molecule has 182 valence electrons. The minimum Gasteiger partial charge on any atom is -0.343 e. The number of amides is 2. The first-order valence-corrected chi connectivity index (χ1v) is 12.8. The van der Waals surface area contributed by atoms with Crippen molar-refractivity contribution in [3.63, 3.8) is 0 Å². The summed E-state index contributed by atoms with van der Waals surface area (Å²) in [6.45, 7) is 3.08. The fourth-order valence-electron chi connectivity index (χ4n) is 4.48. The van der Waals surface area contributed by atoms with Gasteiger partial charge in [-0.3, -0.25) is 9.59 Å². The second-order valence-electron chi connectivity index (χ2n) is 9.65. The Kier molecular flexibility index (Phi) is 7.42. The predicted octanol–water partition coefficient (Wildman–Crippen LogP) is 5.40. The highest BCUT2D eigenvalue weighted by Crippen LogP contribution is 2.51. The van der Waals surface area contributed by atoms with Gasteiger partial charge in [0.2, 0.25) is 11.8 Å². The highest BCUT2D eigenvalue weighted by atomic mass is 35.5. The zero-order chi connectivity index (χ0) is 24.7. The number of piperidine rings is 1. The van der Waals surface area contributed by atoms with E-state index in [2.05, 4.69) is 5.32 Å². The Bertz CT molecular complexity index is 1110. The quantitative estimate of drug-likeness (QED) is 0.513. The monoisotopic (exact) mass is 541 g/mol. The molecule has 1 heterocycles. The molecule has 2 aromatic rings. The molecule has 34 heavy (non-hydrogen) atoms. The average Bonchev–Trinajstić information content (AvgIpc) is 3.56. The molecule has 2 aliphatic rings. The molecule has 0 unspecified atom stereocenters. The Balaban J connectivity index is 1.58. The highest BCUT2D eigenvalue weighted by Gasteiger charge is 2.53. The fraction of sp³-hybridized carbons (Fsp3) is 0.440. The van der Waals surface area contributed by atoms with Gasteiger partial charge in [-0.25, -0.2) is 0 Å². The summed E-state index contributed by atoms with van der Waals surface area (Å²) in [5.41, 5.74) is 6.66.